The average Bonchev–Trinajstić information content (AvgIpc) is 2.70. The summed E-state index contributed by atoms with van der Waals surface area (Å²) in [6.07, 6.45) is 1.67. The van der Waals surface area contributed by atoms with Crippen molar-refractivity contribution in [3.63, 3.8) is 0 Å². The molecule has 0 aliphatic carbocycles. The molecule has 0 radical (unpaired) electrons. The number of amides is 1. The van der Waals surface area contributed by atoms with Crippen LogP contribution in [0.5, 0.6) is 0 Å². The van der Waals surface area contributed by atoms with Crippen LogP contribution in [0.4, 0.5) is 0 Å². The molecule has 7 heteroatoms. The minimum Gasteiger partial charge on any atom is -0.350 e. The van der Waals surface area contributed by atoms with E-state index in [1.165, 1.54) is 0 Å². The van der Waals surface area contributed by atoms with Gasteiger partial charge in [-0.15, -0.1) is 0 Å². The van der Waals surface area contributed by atoms with Crippen molar-refractivity contribution < 1.29 is 4.79 Å². The maximum absolute atomic E-state index is 12.0. The summed E-state index contributed by atoms with van der Waals surface area (Å²) < 4.78 is 2.04. The number of carbonyl (C=O) groups is 1. The fourth-order valence-corrected chi connectivity index (χ4v) is 1.95. The van der Waals surface area contributed by atoms with Crippen molar-refractivity contribution in [2.75, 3.05) is 0 Å². The van der Waals surface area contributed by atoms with E-state index in [2.05, 4.69) is 20.5 Å². The van der Waals surface area contributed by atoms with Crippen LogP contribution >= 0.6 is 12.2 Å². The van der Waals surface area contributed by atoms with Crippen molar-refractivity contribution in [1.29, 1.82) is 0 Å². The zero-order valence-corrected chi connectivity index (χ0v) is 12.5. The molecule has 0 atom stereocenters. The van der Waals surface area contributed by atoms with Gasteiger partial charge in [-0.2, -0.15) is 5.10 Å². The Morgan fingerprint density at radius 2 is 2.20 bits per heavy atom. The van der Waals surface area contributed by atoms with Crippen molar-refractivity contribution >= 4 is 18.1 Å². The smallest absolute Gasteiger partial charge is 0.240 e. The van der Waals surface area contributed by atoms with Crippen LogP contribution in [0.15, 0.2) is 24.4 Å². The predicted octanol–water partition coefficient (Wildman–Crippen LogP) is 1.92. The molecule has 0 aliphatic heterocycles. The number of rotatable bonds is 3. The first-order chi connectivity index (χ1) is 9.37. The standard InChI is InChI=1S/C13H17N5OS/c1-13(2,3)15-10(19)8-18-11(16-17-12(18)20)9-6-4-5-7-14-9/h4-7H,8H2,1-3H3,(H,15,19)(H,17,20). The number of hydrogen-bond donors (Lipinski definition) is 2. The van der Waals surface area contributed by atoms with E-state index in [1.807, 2.05) is 39.0 Å². The molecule has 2 aromatic rings. The zero-order valence-electron chi connectivity index (χ0n) is 11.7. The molecule has 2 N–H and O–H groups in total. The topological polar surface area (TPSA) is 75.6 Å². The zero-order chi connectivity index (χ0) is 14.8. The van der Waals surface area contributed by atoms with Gasteiger partial charge in [0.05, 0.1) is 0 Å². The van der Waals surface area contributed by atoms with Crippen molar-refractivity contribution in [3.8, 4) is 11.5 Å². The monoisotopic (exact) mass is 291 g/mol. The third-order valence-corrected chi connectivity index (χ3v) is 2.78. The highest BCUT2D eigenvalue weighted by atomic mass is 32.1. The second-order valence-electron chi connectivity index (χ2n) is 5.45. The Labute approximate surface area is 122 Å². The minimum atomic E-state index is -0.284. The van der Waals surface area contributed by atoms with Gasteiger partial charge in [0.1, 0.15) is 12.2 Å². The Kier molecular flexibility index (Phi) is 3.99. The van der Waals surface area contributed by atoms with Gasteiger partial charge in [0, 0.05) is 11.7 Å². The molecule has 2 rings (SSSR count). The van der Waals surface area contributed by atoms with Crippen LogP contribution in [-0.2, 0) is 11.3 Å². The third kappa shape index (κ3) is 3.51. The molecule has 0 bridgehead atoms. The first-order valence-corrected chi connectivity index (χ1v) is 6.65. The fourth-order valence-electron chi connectivity index (χ4n) is 1.76. The number of nitrogens with zero attached hydrogens (tertiary/aromatic N) is 3. The van der Waals surface area contributed by atoms with E-state index in [1.54, 1.807) is 10.8 Å². The Morgan fingerprint density at radius 1 is 1.45 bits per heavy atom. The van der Waals surface area contributed by atoms with E-state index in [0.717, 1.165) is 0 Å². The molecule has 0 saturated heterocycles. The van der Waals surface area contributed by atoms with E-state index >= 15 is 0 Å². The maximum Gasteiger partial charge on any atom is 0.240 e. The number of H-pyrrole nitrogens is 1. The van der Waals surface area contributed by atoms with Crippen LogP contribution in [0.1, 0.15) is 20.8 Å². The lowest BCUT2D eigenvalue weighted by molar-refractivity contribution is -0.123. The Balaban J connectivity index is 2.27. The largest absolute Gasteiger partial charge is 0.350 e. The van der Waals surface area contributed by atoms with Crippen molar-refractivity contribution in [2.45, 2.75) is 32.9 Å². The normalized spacial score (nSPS) is 11.3. The van der Waals surface area contributed by atoms with Crippen LogP contribution in [0.3, 0.4) is 0 Å². The molecule has 0 saturated carbocycles. The molecule has 2 aromatic heterocycles. The van der Waals surface area contributed by atoms with E-state index in [9.17, 15) is 4.79 Å². The SMILES string of the molecule is CC(C)(C)NC(=O)Cn1c(-c2ccccn2)n[nH]c1=S. The number of hydrogen-bond acceptors (Lipinski definition) is 4. The minimum absolute atomic E-state index is 0.110. The average molecular weight is 291 g/mol. The van der Waals surface area contributed by atoms with Gasteiger partial charge in [-0.3, -0.25) is 19.4 Å². The second-order valence-corrected chi connectivity index (χ2v) is 5.84. The highest BCUT2D eigenvalue weighted by molar-refractivity contribution is 7.71. The summed E-state index contributed by atoms with van der Waals surface area (Å²) in [6.45, 7) is 5.90. The molecule has 6 nitrogen and oxygen atoms in total. The van der Waals surface area contributed by atoms with Crippen LogP contribution in [0.2, 0.25) is 0 Å². The molecule has 0 aliphatic rings. The second kappa shape index (κ2) is 5.54. The van der Waals surface area contributed by atoms with Crippen LogP contribution in [0, 0.1) is 4.77 Å². The lowest BCUT2D eigenvalue weighted by Crippen LogP contribution is -2.42. The van der Waals surface area contributed by atoms with Gasteiger partial charge in [0.25, 0.3) is 0 Å². The Bertz CT molecular complexity index is 653. The molecular weight excluding hydrogens is 274 g/mol. The summed E-state index contributed by atoms with van der Waals surface area (Å²) in [5.41, 5.74) is 0.386. The lowest BCUT2D eigenvalue weighted by atomic mass is 10.1. The predicted molar refractivity (Wildman–Crippen MR) is 78.5 cm³/mol. The summed E-state index contributed by atoms with van der Waals surface area (Å²) in [5.74, 6) is 0.437. The number of aromatic nitrogens is 4. The van der Waals surface area contributed by atoms with Gasteiger partial charge in [-0.05, 0) is 45.1 Å². The summed E-state index contributed by atoms with van der Waals surface area (Å²) in [4.78, 5) is 16.2. The Morgan fingerprint density at radius 3 is 2.80 bits per heavy atom. The van der Waals surface area contributed by atoms with Crippen LogP contribution in [0.25, 0.3) is 11.5 Å². The summed E-state index contributed by atoms with van der Waals surface area (Å²) in [7, 11) is 0. The van der Waals surface area contributed by atoms with Crippen molar-refractivity contribution in [1.82, 2.24) is 25.1 Å². The molecule has 0 unspecified atom stereocenters. The van der Waals surface area contributed by atoms with Gasteiger partial charge in [0.15, 0.2) is 10.6 Å². The lowest BCUT2D eigenvalue weighted by Gasteiger charge is -2.20. The quantitative estimate of drug-likeness (QED) is 0.847. The first kappa shape index (κ1) is 14.4. The van der Waals surface area contributed by atoms with E-state index in [4.69, 9.17) is 12.2 Å². The molecule has 0 fully saturated rings. The first-order valence-electron chi connectivity index (χ1n) is 6.24. The molecule has 20 heavy (non-hydrogen) atoms. The number of aromatic amines is 1. The van der Waals surface area contributed by atoms with Gasteiger partial charge in [-0.25, -0.2) is 0 Å². The van der Waals surface area contributed by atoms with Crippen LogP contribution < -0.4 is 5.32 Å². The van der Waals surface area contributed by atoms with Gasteiger partial charge >= 0.3 is 0 Å². The van der Waals surface area contributed by atoms with E-state index in [0.29, 0.717) is 16.3 Å². The summed E-state index contributed by atoms with van der Waals surface area (Å²) in [6, 6.07) is 5.50. The molecule has 106 valence electrons. The molecule has 0 aromatic carbocycles. The molecule has 2 heterocycles. The molecule has 0 spiro atoms. The molecule has 1 amide bonds. The van der Waals surface area contributed by atoms with Gasteiger partial charge < -0.3 is 5.32 Å². The summed E-state index contributed by atoms with van der Waals surface area (Å²) >= 11 is 5.17. The number of nitrogens with one attached hydrogen (secondary N) is 2. The van der Waals surface area contributed by atoms with Crippen molar-refractivity contribution in [2.24, 2.45) is 0 Å². The highest BCUT2D eigenvalue weighted by Gasteiger charge is 2.17. The van der Waals surface area contributed by atoms with Gasteiger partial charge in [-0.1, -0.05) is 6.07 Å². The third-order valence-electron chi connectivity index (χ3n) is 2.47. The van der Waals surface area contributed by atoms with Gasteiger partial charge in [0.2, 0.25) is 5.91 Å². The maximum atomic E-state index is 12.0. The van der Waals surface area contributed by atoms with E-state index in [-0.39, 0.29) is 18.0 Å². The number of pyridine rings is 1. The fraction of sp³-hybridized carbons (Fsp3) is 0.385. The van der Waals surface area contributed by atoms with Crippen LogP contribution in [-0.4, -0.2) is 31.2 Å². The highest BCUT2D eigenvalue weighted by Crippen LogP contribution is 2.13. The van der Waals surface area contributed by atoms with Crippen molar-refractivity contribution in [3.05, 3.63) is 29.2 Å². The molecular formula is C13H17N5OS. The van der Waals surface area contributed by atoms with E-state index < -0.39 is 0 Å². The number of carbonyl (C=O) groups excluding carboxylic acids is 1. The summed E-state index contributed by atoms with van der Waals surface area (Å²) in [5, 5.41) is 9.73. The Hall–Kier alpha value is -2.02.